The maximum Gasteiger partial charge on any atom is 0.220 e. The van der Waals surface area contributed by atoms with Crippen molar-refractivity contribution < 1.29 is 10.2 Å². The Balaban J connectivity index is 1.49. The number of aromatic hydroxyl groups is 1. The summed E-state index contributed by atoms with van der Waals surface area (Å²) in [5.41, 5.74) is 3.43. The molecule has 0 saturated heterocycles. The van der Waals surface area contributed by atoms with Crippen LogP contribution in [0.1, 0.15) is 22.9 Å². The molecule has 0 radical (unpaired) electrons. The Morgan fingerprint density at radius 2 is 2.07 bits per heavy atom. The minimum Gasteiger partial charge on any atom is -0.493 e. The van der Waals surface area contributed by atoms with Crippen molar-refractivity contribution in [3.8, 4) is 5.88 Å². The predicted molar refractivity (Wildman–Crippen MR) is 106 cm³/mol. The maximum atomic E-state index is 10.5. The van der Waals surface area contributed by atoms with Crippen molar-refractivity contribution in [2.45, 2.75) is 18.6 Å². The molecular weight excluding hydrogens is 354 g/mol. The van der Waals surface area contributed by atoms with Crippen LogP contribution in [0.3, 0.4) is 0 Å². The van der Waals surface area contributed by atoms with Crippen LogP contribution < -0.4 is 15.9 Å². The van der Waals surface area contributed by atoms with Gasteiger partial charge in [-0.1, -0.05) is 30.3 Å². The molecule has 0 bridgehead atoms. The van der Waals surface area contributed by atoms with Gasteiger partial charge in [-0.15, -0.1) is 0 Å². The first-order valence-electron chi connectivity index (χ1n) is 9.10. The molecule has 7 nitrogen and oxygen atoms in total. The van der Waals surface area contributed by atoms with E-state index in [9.17, 15) is 10.2 Å². The third-order valence-electron chi connectivity index (χ3n) is 5.28. The number of aliphatic hydroxyl groups excluding tert-OH is 1. The lowest BCUT2D eigenvalue weighted by Gasteiger charge is -2.18. The van der Waals surface area contributed by atoms with Crippen LogP contribution >= 0.6 is 0 Å². The normalized spacial score (nSPS) is 20.1. The Hall–Kier alpha value is -3.45. The zero-order chi connectivity index (χ0) is 19.3. The van der Waals surface area contributed by atoms with Gasteiger partial charge in [0.2, 0.25) is 11.8 Å². The third kappa shape index (κ3) is 2.68. The van der Waals surface area contributed by atoms with Gasteiger partial charge in [-0.05, 0) is 34.6 Å². The van der Waals surface area contributed by atoms with Gasteiger partial charge in [-0.3, -0.25) is 4.57 Å². The zero-order valence-electron chi connectivity index (χ0n) is 15.2. The van der Waals surface area contributed by atoms with Crippen LogP contribution in [0.25, 0.3) is 6.08 Å². The number of imidazole rings is 1. The van der Waals surface area contributed by atoms with E-state index in [1.807, 2.05) is 42.5 Å². The number of nitrogens with one attached hydrogen (secondary N) is 1. The van der Waals surface area contributed by atoms with Crippen molar-refractivity contribution in [1.82, 2.24) is 9.55 Å². The van der Waals surface area contributed by atoms with Gasteiger partial charge in [-0.25, -0.2) is 15.0 Å². The molecule has 3 N–H and O–H groups in total. The molecule has 28 heavy (non-hydrogen) atoms. The molecule has 1 aromatic heterocycles. The molecule has 0 amide bonds. The van der Waals surface area contributed by atoms with Gasteiger partial charge in [0.1, 0.15) is 12.0 Å². The average molecular weight is 373 g/mol. The van der Waals surface area contributed by atoms with Crippen molar-refractivity contribution in [3.63, 3.8) is 0 Å². The van der Waals surface area contributed by atoms with E-state index in [0.717, 1.165) is 27.4 Å². The fourth-order valence-corrected chi connectivity index (χ4v) is 3.78. The number of benzene rings is 2. The van der Waals surface area contributed by atoms with E-state index in [2.05, 4.69) is 20.3 Å². The summed E-state index contributed by atoms with van der Waals surface area (Å²) in [6.45, 7) is 0. The van der Waals surface area contributed by atoms with E-state index in [1.54, 1.807) is 17.7 Å². The minimum atomic E-state index is -0.540. The predicted octanol–water partition coefficient (Wildman–Crippen LogP) is 1.32. The third-order valence-corrected chi connectivity index (χ3v) is 5.28. The van der Waals surface area contributed by atoms with Crippen LogP contribution in [0.2, 0.25) is 0 Å². The lowest BCUT2D eigenvalue weighted by molar-refractivity contribution is 0.165. The van der Waals surface area contributed by atoms with Crippen LogP contribution in [-0.4, -0.2) is 32.2 Å². The highest BCUT2D eigenvalue weighted by molar-refractivity contribution is 5.67. The lowest BCUT2D eigenvalue weighted by Crippen LogP contribution is -2.22. The van der Waals surface area contributed by atoms with E-state index in [4.69, 9.17) is 0 Å². The van der Waals surface area contributed by atoms with Crippen LogP contribution in [0.5, 0.6) is 5.88 Å². The fourth-order valence-electron chi connectivity index (χ4n) is 3.78. The van der Waals surface area contributed by atoms with Crippen LogP contribution in [0.4, 0.5) is 11.6 Å². The molecule has 1 aliphatic carbocycles. The number of anilines is 1. The molecule has 2 aromatic carbocycles. The van der Waals surface area contributed by atoms with Gasteiger partial charge in [-0.2, -0.15) is 0 Å². The largest absolute Gasteiger partial charge is 0.493 e. The summed E-state index contributed by atoms with van der Waals surface area (Å²) in [7, 11) is 1.74. The van der Waals surface area contributed by atoms with Gasteiger partial charge < -0.3 is 15.5 Å². The highest BCUT2D eigenvalue weighted by Gasteiger charge is 2.31. The Kier molecular flexibility index (Phi) is 3.77. The van der Waals surface area contributed by atoms with Gasteiger partial charge in [0.15, 0.2) is 0 Å². The van der Waals surface area contributed by atoms with Gasteiger partial charge in [0, 0.05) is 13.5 Å². The van der Waals surface area contributed by atoms with E-state index in [-0.39, 0.29) is 11.9 Å². The summed E-state index contributed by atoms with van der Waals surface area (Å²) in [5, 5.41) is 26.0. The quantitative estimate of drug-likeness (QED) is 0.645. The summed E-state index contributed by atoms with van der Waals surface area (Å²) in [5.74, 6) is 0.552. The Morgan fingerprint density at radius 3 is 2.96 bits per heavy atom. The zero-order valence-corrected chi connectivity index (χ0v) is 15.2. The van der Waals surface area contributed by atoms with Gasteiger partial charge >= 0.3 is 0 Å². The number of aliphatic imine (C=N–C) groups is 1. The number of hydrogen-bond donors (Lipinski definition) is 3. The number of nitrogens with zero attached hydrogens (tertiary/aromatic N) is 4. The second-order valence-electron chi connectivity index (χ2n) is 7.06. The van der Waals surface area contributed by atoms with Crippen molar-refractivity contribution in [2.24, 2.45) is 17.0 Å². The van der Waals surface area contributed by atoms with Crippen molar-refractivity contribution in [3.05, 3.63) is 69.9 Å². The first-order valence-corrected chi connectivity index (χ1v) is 9.10. The minimum absolute atomic E-state index is 0.0527. The first-order chi connectivity index (χ1) is 13.6. The molecule has 0 spiro atoms. The summed E-state index contributed by atoms with van der Waals surface area (Å²) in [4.78, 5) is 12.9. The van der Waals surface area contributed by atoms with Crippen molar-refractivity contribution >= 4 is 24.1 Å². The summed E-state index contributed by atoms with van der Waals surface area (Å²) < 4.78 is 1.58. The van der Waals surface area contributed by atoms with E-state index in [1.165, 1.54) is 6.34 Å². The molecular formula is C21H19N5O2. The van der Waals surface area contributed by atoms with Gasteiger partial charge in [0.05, 0.1) is 23.2 Å². The fraction of sp³-hybridized carbons (Fsp3) is 0.190. The smallest absolute Gasteiger partial charge is 0.220 e. The lowest BCUT2D eigenvalue weighted by atomic mass is 10.1. The SMILES string of the molecule is Cn1c(N[C@H]2c3ccccc3C[C@@H]2O)nc(C=c2ccc3c(c2)N=CN=3)c1O. The molecule has 140 valence electrons. The Morgan fingerprint density at radius 1 is 1.21 bits per heavy atom. The molecule has 0 fully saturated rings. The Labute approximate surface area is 161 Å². The van der Waals surface area contributed by atoms with E-state index < -0.39 is 6.10 Å². The molecule has 2 aliphatic rings. The number of aromatic nitrogens is 2. The van der Waals surface area contributed by atoms with E-state index >= 15 is 0 Å². The number of hydrogen-bond acceptors (Lipinski definition) is 6. The molecule has 7 heteroatoms. The summed E-state index contributed by atoms with van der Waals surface area (Å²) in [6, 6.07) is 13.4. The van der Waals surface area contributed by atoms with Crippen molar-refractivity contribution in [2.75, 3.05) is 5.32 Å². The molecule has 0 saturated carbocycles. The molecule has 0 unspecified atom stereocenters. The molecule has 2 atom stereocenters. The van der Waals surface area contributed by atoms with E-state index in [0.29, 0.717) is 18.1 Å². The molecule has 1 aliphatic heterocycles. The number of aliphatic hydroxyl groups is 1. The highest BCUT2D eigenvalue weighted by Crippen LogP contribution is 2.34. The van der Waals surface area contributed by atoms with Crippen LogP contribution in [0, 0.1) is 0 Å². The molecule has 3 aromatic rings. The second kappa shape index (κ2) is 6.31. The van der Waals surface area contributed by atoms with Crippen LogP contribution in [0.15, 0.2) is 52.4 Å². The summed E-state index contributed by atoms with van der Waals surface area (Å²) >= 11 is 0. The monoisotopic (exact) mass is 373 g/mol. The molecule has 5 rings (SSSR count). The van der Waals surface area contributed by atoms with Crippen LogP contribution in [-0.2, 0) is 13.5 Å². The maximum absolute atomic E-state index is 10.5. The number of fused-ring (bicyclic) bond motifs is 2. The number of rotatable bonds is 3. The standard InChI is InChI=1S/C21H19N5O2/c1-26-20(28)17(9-12-6-7-15-16(8-12)23-11-22-15)24-21(26)25-19-14-5-3-2-4-13(14)10-18(19)27/h2-9,11,18-19,27-28H,10H2,1H3,(H,24,25)/t18-,19-/m0/s1. The molecule has 2 heterocycles. The van der Waals surface area contributed by atoms with Gasteiger partial charge in [0.25, 0.3) is 0 Å². The summed E-state index contributed by atoms with van der Waals surface area (Å²) in [6.07, 6.45) is 3.39. The Bertz CT molecular complexity index is 1230. The van der Waals surface area contributed by atoms with Crippen molar-refractivity contribution in [1.29, 1.82) is 0 Å². The second-order valence-corrected chi connectivity index (χ2v) is 7.06. The average Bonchev–Trinajstić information content (AvgIpc) is 3.35. The highest BCUT2D eigenvalue weighted by atomic mass is 16.3. The first kappa shape index (κ1) is 16.7. The topological polar surface area (TPSA) is 95.0 Å².